The molecule has 0 aromatic carbocycles. The standard InChI is InChI=1S/C7H10N4O2/c1-5(6-2-3-8-10-6)9-11-7(13)4-12/h2-3,12H,4H2,1H3,(H,8,10)(H,11,13)/b9-5-. The highest BCUT2D eigenvalue weighted by Gasteiger charge is 1.99. The van der Waals surface area contributed by atoms with E-state index in [1.165, 1.54) is 0 Å². The first-order valence-corrected chi connectivity index (χ1v) is 3.67. The lowest BCUT2D eigenvalue weighted by Gasteiger charge is -1.97. The summed E-state index contributed by atoms with van der Waals surface area (Å²) in [5.74, 6) is -0.543. The van der Waals surface area contributed by atoms with Crippen LogP contribution in [0.3, 0.4) is 0 Å². The summed E-state index contributed by atoms with van der Waals surface area (Å²) in [4.78, 5) is 10.6. The molecule has 1 rings (SSSR count). The van der Waals surface area contributed by atoms with E-state index in [0.29, 0.717) is 5.71 Å². The number of rotatable bonds is 3. The zero-order chi connectivity index (χ0) is 9.68. The molecule has 6 heteroatoms. The van der Waals surface area contributed by atoms with Gasteiger partial charge >= 0.3 is 0 Å². The minimum Gasteiger partial charge on any atom is -0.386 e. The quantitative estimate of drug-likeness (QED) is 0.424. The van der Waals surface area contributed by atoms with Crippen molar-refractivity contribution in [2.24, 2.45) is 5.10 Å². The molecule has 0 aliphatic carbocycles. The highest BCUT2D eigenvalue weighted by molar-refractivity contribution is 5.97. The average molecular weight is 182 g/mol. The van der Waals surface area contributed by atoms with E-state index < -0.39 is 12.5 Å². The second-order valence-corrected chi connectivity index (χ2v) is 2.36. The molecule has 1 aromatic heterocycles. The molecular formula is C7H10N4O2. The number of hydrazone groups is 1. The van der Waals surface area contributed by atoms with Crippen molar-refractivity contribution in [1.82, 2.24) is 15.6 Å². The molecule has 0 fully saturated rings. The molecule has 0 bridgehead atoms. The fourth-order valence-electron chi connectivity index (χ4n) is 0.699. The lowest BCUT2D eigenvalue weighted by atomic mass is 10.3. The van der Waals surface area contributed by atoms with Gasteiger partial charge in [-0.05, 0) is 13.0 Å². The molecule has 6 nitrogen and oxygen atoms in total. The largest absolute Gasteiger partial charge is 0.386 e. The Kier molecular flexibility index (Phi) is 3.15. The third-order valence-electron chi connectivity index (χ3n) is 1.38. The summed E-state index contributed by atoms with van der Waals surface area (Å²) in [6, 6.07) is 1.73. The van der Waals surface area contributed by atoms with E-state index in [1.807, 2.05) is 0 Å². The van der Waals surface area contributed by atoms with Gasteiger partial charge in [-0.25, -0.2) is 5.43 Å². The van der Waals surface area contributed by atoms with Crippen LogP contribution in [0.25, 0.3) is 0 Å². The predicted molar refractivity (Wildman–Crippen MR) is 46.0 cm³/mol. The number of nitrogens with one attached hydrogen (secondary N) is 2. The highest BCUT2D eigenvalue weighted by Crippen LogP contribution is 1.93. The Bertz CT molecular complexity index is 304. The van der Waals surface area contributed by atoms with E-state index >= 15 is 0 Å². The molecule has 1 amide bonds. The number of aliphatic hydroxyl groups is 1. The van der Waals surface area contributed by atoms with Crippen LogP contribution in [0.1, 0.15) is 12.6 Å². The van der Waals surface area contributed by atoms with E-state index in [-0.39, 0.29) is 0 Å². The monoisotopic (exact) mass is 182 g/mol. The fraction of sp³-hybridized carbons (Fsp3) is 0.286. The number of aliphatic hydroxyl groups excluding tert-OH is 1. The fourth-order valence-corrected chi connectivity index (χ4v) is 0.699. The Labute approximate surface area is 74.7 Å². The van der Waals surface area contributed by atoms with Gasteiger partial charge in [-0.2, -0.15) is 10.2 Å². The van der Waals surface area contributed by atoms with Crippen molar-refractivity contribution in [3.8, 4) is 0 Å². The van der Waals surface area contributed by atoms with Crippen LogP contribution in [0.5, 0.6) is 0 Å². The summed E-state index contributed by atoms with van der Waals surface area (Å²) in [6.45, 7) is 1.14. The van der Waals surface area contributed by atoms with E-state index in [2.05, 4.69) is 20.7 Å². The molecular weight excluding hydrogens is 172 g/mol. The van der Waals surface area contributed by atoms with Crippen LogP contribution in [0.15, 0.2) is 17.4 Å². The molecule has 3 N–H and O–H groups in total. The Balaban J connectivity index is 2.57. The van der Waals surface area contributed by atoms with Gasteiger partial charge in [-0.1, -0.05) is 0 Å². The predicted octanol–water partition coefficient (Wildman–Crippen LogP) is -0.758. The van der Waals surface area contributed by atoms with Crippen LogP contribution >= 0.6 is 0 Å². The average Bonchev–Trinajstić information content (AvgIpc) is 2.66. The summed E-state index contributed by atoms with van der Waals surface area (Å²) in [6.07, 6.45) is 1.59. The van der Waals surface area contributed by atoms with Crippen molar-refractivity contribution in [2.45, 2.75) is 6.92 Å². The van der Waals surface area contributed by atoms with Crippen LogP contribution in [-0.2, 0) is 4.79 Å². The Morgan fingerprint density at radius 1 is 1.85 bits per heavy atom. The van der Waals surface area contributed by atoms with Crippen molar-refractivity contribution in [1.29, 1.82) is 0 Å². The Morgan fingerprint density at radius 3 is 3.15 bits per heavy atom. The van der Waals surface area contributed by atoms with Crippen LogP contribution in [0.4, 0.5) is 0 Å². The van der Waals surface area contributed by atoms with Gasteiger partial charge in [0, 0.05) is 6.20 Å². The summed E-state index contributed by atoms with van der Waals surface area (Å²) in [7, 11) is 0. The normalized spacial score (nSPS) is 11.4. The second-order valence-electron chi connectivity index (χ2n) is 2.36. The molecule has 0 saturated heterocycles. The summed E-state index contributed by atoms with van der Waals surface area (Å²) >= 11 is 0. The van der Waals surface area contributed by atoms with Gasteiger partial charge in [0.2, 0.25) is 0 Å². The van der Waals surface area contributed by atoms with E-state index in [0.717, 1.165) is 5.69 Å². The zero-order valence-electron chi connectivity index (χ0n) is 7.11. The molecule has 1 aromatic rings. The van der Waals surface area contributed by atoms with Crippen LogP contribution in [-0.4, -0.2) is 33.5 Å². The number of aromatic amines is 1. The van der Waals surface area contributed by atoms with Crippen LogP contribution < -0.4 is 5.43 Å². The molecule has 0 saturated carbocycles. The summed E-state index contributed by atoms with van der Waals surface area (Å²) < 4.78 is 0. The smallest absolute Gasteiger partial charge is 0.265 e. The number of hydrogen-bond acceptors (Lipinski definition) is 4. The van der Waals surface area contributed by atoms with Crippen LogP contribution in [0, 0.1) is 0 Å². The lowest BCUT2D eigenvalue weighted by Crippen LogP contribution is -2.22. The number of nitrogens with zero attached hydrogens (tertiary/aromatic N) is 2. The molecule has 0 aliphatic rings. The number of hydrogen-bond donors (Lipinski definition) is 3. The van der Waals surface area contributed by atoms with Gasteiger partial charge in [0.05, 0.1) is 11.4 Å². The molecule has 0 radical (unpaired) electrons. The van der Waals surface area contributed by atoms with E-state index in [9.17, 15) is 4.79 Å². The van der Waals surface area contributed by atoms with E-state index in [1.54, 1.807) is 19.2 Å². The molecule has 0 spiro atoms. The van der Waals surface area contributed by atoms with Crippen molar-refractivity contribution in [3.05, 3.63) is 18.0 Å². The molecule has 0 atom stereocenters. The summed E-state index contributed by atoms with van der Waals surface area (Å²) in [5, 5.41) is 18.5. The van der Waals surface area contributed by atoms with Gasteiger partial charge in [-0.3, -0.25) is 9.89 Å². The number of aromatic nitrogens is 2. The highest BCUT2D eigenvalue weighted by atomic mass is 16.3. The van der Waals surface area contributed by atoms with Gasteiger partial charge in [0.15, 0.2) is 0 Å². The minimum atomic E-state index is -0.570. The number of amides is 1. The van der Waals surface area contributed by atoms with Crippen LogP contribution in [0.2, 0.25) is 0 Å². The maximum atomic E-state index is 10.6. The number of carbonyl (C=O) groups is 1. The van der Waals surface area contributed by atoms with Gasteiger partial charge in [-0.15, -0.1) is 0 Å². The van der Waals surface area contributed by atoms with Gasteiger partial charge < -0.3 is 5.11 Å². The maximum Gasteiger partial charge on any atom is 0.265 e. The van der Waals surface area contributed by atoms with Gasteiger partial charge in [0.25, 0.3) is 5.91 Å². The summed E-state index contributed by atoms with van der Waals surface area (Å²) in [5.41, 5.74) is 3.49. The number of H-pyrrole nitrogens is 1. The van der Waals surface area contributed by atoms with Crippen molar-refractivity contribution in [3.63, 3.8) is 0 Å². The Hall–Kier alpha value is -1.69. The topological polar surface area (TPSA) is 90.4 Å². The Morgan fingerprint density at radius 2 is 2.62 bits per heavy atom. The molecule has 70 valence electrons. The number of carbonyl (C=O) groups excluding carboxylic acids is 1. The SMILES string of the molecule is C/C(=N/NC(=O)CO)c1ccn[nH]1. The molecule has 1 heterocycles. The third kappa shape index (κ3) is 2.68. The molecule has 0 unspecified atom stereocenters. The first-order valence-electron chi connectivity index (χ1n) is 3.67. The molecule has 0 aliphatic heterocycles. The van der Waals surface area contributed by atoms with Crippen molar-refractivity contribution in [2.75, 3.05) is 6.61 Å². The first-order chi connectivity index (χ1) is 6.24. The zero-order valence-corrected chi connectivity index (χ0v) is 7.11. The maximum absolute atomic E-state index is 10.6. The first kappa shape index (κ1) is 9.40. The van der Waals surface area contributed by atoms with Gasteiger partial charge in [0.1, 0.15) is 6.61 Å². The third-order valence-corrected chi connectivity index (χ3v) is 1.38. The lowest BCUT2D eigenvalue weighted by molar-refractivity contribution is -0.123. The molecule has 13 heavy (non-hydrogen) atoms. The van der Waals surface area contributed by atoms with E-state index in [4.69, 9.17) is 5.11 Å². The minimum absolute atomic E-state index is 0.543. The van der Waals surface area contributed by atoms with Crippen molar-refractivity contribution < 1.29 is 9.90 Å². The second kappa shape index (κ2) is 4.36. The van der Waals surface area contributed by atoms with Crippen molar-refractivity contribution >= 4 is 11.6 Å².